The van der Waals surface area contributed by atoms with Gasteiger partial charge in [0.1, 0.15) is 11.0 Å². The molecule has 17 heavy (non-hydrogen) atoms. The van der Waals surface area contributed by atoms with Crippen molar-refractivity contribution in [2.24, 2.45) is 0 Å². The Hall–Kier alpha value is -0.710. The fraction of sp³-hybridized carbons (Fsp3) is 0.667. The molecule has 0 aliphatic heterocycles. The first kappa shape index (κ1) is 12.7. The second-order valence-corrected chi connectivity index (χ2v) is 4.55. The summed E-state index contributed by atoms with van der Waals surface area (Å²) in [6, 6.07) is 1.87. The van der Waals surface area contributed by atoms with Gasteiger partial charge in [-0.15, -0.1) is 0 Å². The molecule has 1 aromatic rings. The minimum Gasteiger partial charge on any atom is -0.382 e. The van der Waals surface area contributed by atoms with Crippen molar-refractivity contribution in [2.75, 3.05) is 26.9 Å². The standard InChI is InChI=1S/C12H17ClN2O2/c1-16-6-7-17-5-4-12-14-10(9-2-3-9)8-11(13)15-12/h8-9H,2-7H2,1H3. The van der Waals surface area contributed by atoms with Gasteiger partial charge in [-0.3, -0.25) is 0 Å². The second-order valence-electron chi connectivity index (χ2n) is 4.16. The van der Waals surface area contributed by atoms with Gasteiger partial charge in [0.05, 0.1) is 19.8 Å². The first-order valence-electron chi connectivity index (χ1n) is 5.89. The van der Waals surface area contributed by atoms with Crippen LogP contribution in [0.25, 0.3) is 0 Å². The van der Waals surface area contributed by atoms with Crippen molar-refractivity contribution in [1.29, 1.82) is 0 Å². The van der Waals surface area contributed by atoms with E-state index in [0.29, 0.717) is 37.3 Å². The summed E-state index contributed by atoms with van der Waals surface area (Å²) in [5.74, 6) is 1.38. The predicted octanol–water partition coefficient (Wildman–Crippen LogP) is 2.21. The minimum atomic E-state index is 0.536. The molecule has 5 heteroatoms. The van der Waals surface area contributed by atoms with Gasteiger partial charge in [-0.25, -0.2) is 9.97 Å². The van der Waals surface area contributed by atoms with Crippen LogP contribution in [0.3, 0.4) is 0 Å². The third-order valence-electron chi connectivity index (χ3n) is 2.66. The summed E-state index contributed by atoms with van der Waals surface area (Å²) in [4.78, 5) is 8.71. The van der Waals surface area contributed by atoms with Crippen molar-refractivity contribution in [3.8, 4) is 0 Å². The Morgan fingerprint density at radius 2 is 2.12 bits per heavy atom. The number of ether oxygens (including phenoxy) is 2. The fourth-order valence-corrected chi connectivity index (χ4v) is 1.80. The summed E-state index contributed by atoms with van der Waals surface area (Å²) in [5.41, 5.74) is 1.08. The van der Waals surface area contributed by atoms with E-state index in [0.717, 1.165) is 11.5 Å². The first-order chi connectivity index (χ1) is 8.29. The largest absolute Gasteiger partial charge is 0.382 e. The van der Waals surface area contributed by atoms with Gasteiger partial charge in [-0.2, -0.15) is 0 Å². The lowest BCUT2D eigenvalue weighted by Gasteiger charge is -2.05. The molecule has 0 N–H and O–H groups in total. The lowest BCUT2D eigenvalue weighted by atomic mass is 10.3. The molecule has 0 amide bonds. The highest BCUT2D eigenvalue weighted by Crippen LogP contribution is 2.39. The molecular formula is C12H17ClN2O2. The molecule has 94 valence electrons. The van der Waals surface area contributed by atoms with E-state index in [1.807, 2.05) is 6.07 Å². The Morgan fingerprint density at radius 1 is 1.29 bits per heavy atom. The summed E-state index contributed by atoms with van der Waals surface area (Å²) in [7, 11) is 1.66. The molecule has 1 aromatic heterocycles. The van der Waals surface area contributed by atoms with Crippen molar-refractivity contribution < 1.29 is 9.47 Å². The lowest BCUT2D eigenvalue weighted by molar-refractivity contribution is 0.0716. The van der Waals surface area contributed by atoms with Crippen LogP contribution in [0.5, 0.6) is 0 Å². The molecule has 0 bridgehead atoms. The van der Waals surface area contributed by atoms with Crippen LogP contribution in [0.2, 0.25) is 5.15 Å². The average molecular weight is 257 g/mol. The quantitative estimate of drug-likeness (QED) is 0.554. The van der Waals surface area contributed by atoms with Gasteiger partial charge in [0.25, 0.3) is 0 Å². The number of hydrogen-bond acceptors (Lipinski definition) is 4. The Kier molecular flexibility index (Phi) is 4.71. The van der Waals surface area contributed by atoms with E-state index in [4.69, 9.17) is 21.1 Å². The molecule has 1 aliphatic rings. The van der Waals surface area contributed by atoms with Gasteiger partial charge in [-0.05, 0) is 18.9 Å². The second kappa shape index (κ2) is 6.28. The van der Waals surface area contributed by atoms with E-state index in [-0.39, 0.29) is 0 Å². The summed E-state index contributed by atoms with van der Waals surface area (Å²) in [5, 5.41) is 0.536. The van der Waals surface area contributed by atoms with Crippen molar-refractivity contribution in [3.63, 3.8) is 0 Å². The van der Waals surface area contributed by atoms with Crippen molar-refractivity contribution in [1.82, 2.24) is 9.97 Å². The minimum absolute atomic E-state index is 0.536. The normalized spacial score (nSPS) is 15.2. The Morgan fingerprint density at radius 3 is 2.82 bits per heavy atom. The molecule has 0 radical (unpaired) electrons. The van der Waals surface area contributed by atoms with Crippen molar-refractivity contribution in [2.45, 2.75) is 25.2 Å². The number of nitrogens with zero attached hydrogens (tertiary/aromatic N) is 2. The van der Waals surface area contributed by atoms with Gasteiger partial charge in [-0.1, -0.05) is 11.6 Å². The maximum Gasteiger partial charge on any atom is 0.133 e. The van der Waals surface area contributed by atoms with Crippen LogP contribution < -0.4 is 0 Å². The van der Waals surface area contributed by atoms with Crippen molar-refractivity contribution in [3.05, 3.63) is 22.7 Å². The molecule has 1 saturated carbocycles. The van der Waals surface area contributed by atoms with E-state index in [2.05, 4.69) is 9.97 Å². The number of hydrogen-bond donors (Lipinski definition) is 0. The van der Waals surface area contributed by atoms with Crippen molar-refractivity contribution >= 4 is 11.6 Å². The number of aromatic nitrogens is 2. The van der Waals surface area contributed by atoms with Gasteiger partial charge < -0.3 is 9.47 Å². The van der Waals surface area contributed by atoms with Crippen LogP contribution in [0.4, 0.5) is 0 Å². The molecule has 0 atom stereocenters. The Bertz CT molecular complexity index is 370. The predicted molar refractivity (Wildman–Crippen MR) is 65.4 cm³/mol. The van der Waals surface area contributed by atoms with E-state index in [1.165, 1.54) is 12.8 Å². The van der Waals surface area contributed by atoms with E-state index in [1.54, 1.807) is 7.11 Å². The first-order valence-corrected chi connectivity index (χ1v) is 6.27. The SMILES string of the molecule is COCCOCCc1nc(Cl)cc(C2CC2)n1. The zero-order valence-corrected chi connectivity index (χ0v) is 10.7. The lowest BCUT2D eigenvalue weighted by Crippen LogP contribution is -2.08. The molecule has 1 heterocycles. The van der Waals surface area contributed by atoms with E-state index >= 15 is 0 Å². The van der Waals surface area contributed by atoms with Gasteiger partial charge in [0.2, 0.25) is 0 Å². The van der Waals surface area contributed by atoms with Crippen LogP contribution in [-0.2, 0) is 15.9 Å². The molecule has 0 spiro atoms. The number of rotatable bonds is 7. The highest BCUT2D eigenvalue weighted by molar-refractivity contribution is 6.29. The van der Waals surface area contributed by atoms with Gasteiger partial charge >= 0.3 is 0 Å². The molecular weight excluding hydrogens is 240 g/mol. The summed E-state index contributed by atoms with van der Waals surface area (Å²) >= 11 is 5.97. The number of halogens is 1. The zero-order chi connectivity index (χ0) is 12.1. The summed E-state index contributed by atoms with van der Waals surface area (Å²) in [6.07, 6.45) is 3.14. The molecule has 4 nitrogen and oxygen atoms in total. The molecule has 2 rings (SSSR count). The average Bonchev–Trinajstić information content (AvgIpc) is 3.12. The molecule has 0 aromatic carbocycles. The monoisotopic (exact) mass is 256 g/mol. The van der Waals surface area contributed by atoms with E-state index in [9.17, 15) is 0 Å². The molecule has 0 unspecified atom stereocenters. The van der Waals surface area contributed by atoms with Crippen LogP contribution in [-0.4, -0.2) is 36.9 Å². The maximum absolute atomic E-state index is 5.97. The Balaban J connectivity index is 1.82. The van der Waals surface area contributed by atoms with Crippen LogP contribution >= 0.6 is 11.6 Å². The summed E-state index contributed by atoms with van der Waals surface area (Å²) < 4.78 is 10.3. The van der Waals surface area contributed by atoms with Gasteiger partial charge in [0.15, 0.2) is 0 Å². The summed E-state index contributed by atoms with van der Waals surface area (Å²) in [6.45, 7) is 1.82. The zero-order valence-electron chi connectivity index (χ0n) is 9.99. The fourth-order valence-electron chi connectivity index (χ4n) is 1.59. The van der Waals surface area contributed by atoms with Crippen LogP contribution in [0, 0.1) is 0 Å². The highest BCUT2D eigenvalue weighted by Gasteiger charge is 2.25. The van der Waals surface area contributed by atoms with Gasteiger partial charge in [0, 0.05) is 25.1 Å². The molecule has 1 fully saturated rings. The highest BCUT2D eigenvalue weighted by atomic mass is 35.5. The molecule has 0 saturated heterocycles. The Labute approximate surface area is 106 Å². The van der Waals surface area contributed by atoms with Crippen LogP contribution in [0.1, 0.15) is 30.3 Å². The van der Waals surface area contributed by atoms with E-state index < -0.39 is 0 Å². The van der Waals surface area contributed by atoms with Crippen LogP contribution in [0.15, 0.2) is 6.07 Å². The maximum atomic E-state index is 5.97. The molecule has 1 aliphatic carbocycles. The third-order valence-corrected chi connectivity index (χ3v) is 2.85. The topological polar surface area (TPSA) is 44.2 Å². The smallest absolute Gasteiger partial charge is 0.133 e. The third kappa shape index (κ3) is 4.22. The number of methoxy groups -OCH3 is 1.